The number of anilines is 2. The summed E-state index contributed by atoms with van der Waals surface area (Å²) in [6.07, 6.45) is -4.58. The van der Waals surface area contributed by atoms with Crippen LogP contribution in [0.4, 0.5) is 28.9 Å². The fourth-order valence-corrected chi connectivity index (χ4v) is 2.59. The maximum Gasteiger partial charge on any atom is 0.405 e. The molecule has 0 fully saturated rings. The van der Waals surface area contributed by atoms with Gasteiger partial charge in [-0.3, -0.25) is 9.59 Å². The summed E-state index contributed by atoms with van der Waals surface area (Å²) in [5.74, 6) is -2.29. The Hall–Kier alpha value is -2.62. The Bertz CT molecular complexity index is 888. The third kappa shape index (κ3) is 6.22. The third-order valence-electron chi connectivity index (χ3n) is 3.64. The van der Waals surface area contributed by atoms with Gasteiger partial charge in [0.15, 0.2) is 0 Å². The second-order valence-electron chi connectivity index (χ2n) is 5.81. The molecule has 0 saturated heterocycles. The zero-order valence-electron chi connectivity index (χ0n) is 14.6. The number of hydrogen-bond acceptors (Lipinski definition) is 3. The van der Waals surface area contributed by atoms with E-state index in [1.165, 1.54) is 13.0 Å². The lowest BCUT2D eigenvalue weighted by Gasteiger charge is -2.14. The topological polar surface area (TPSA) is 70.2 Å². The van der Waals surface area contributed by atoms with Crippen LogP contribution < -0.4 is 16.0 Å². The summed E-state index contributed by atoms with van der Waals surface area (Å²) in [6, 6.07) is 8.96. The van der Waals surface area contributed by atoms with Crippen LogP contribution >= 0.6 is 15.9 Å². The lowest BCUT2D eigenvalue weighted by Crippen LogP contribution is -2.33. The van der Waals surface area contributed by atoms with Gasteiger partial charge in [0, 0.05) is 21.3 Å². The number of benzene rings is 2. The number of rotatable bonds is 6. The van der Waals surface area contributed by atoms with Gasteiger partial charge in [-0.2, -0.15) is 13.2 Å². The number of nitrogens with one attached hydrogen (secondary N) is 3. The van der Waals surface area contributed by atoms with Crippen LogP contribution in [0.15, 0.2) is 40.9 Å². The molecular formula is C18H16BrF4N3O2. The lowest BCUT2D eigenvalue weighted by atomic mass is 10.1. The number of carbonyl (C=O) groups excluding carboxylic acids is 2. The molecule has 150 valence electrons. The predicted molar refractivity (Wildman–Crippen MR) is 101 cm³/mol. The molecule has 0 aliphatic heterocycles. The molecular weight excluding hydrogens is 446 g/mol. The molecule has 0 atom stereocenters. The maximum atomic E-state index is 14.0. The van der Waals surface area contributed by atoms with Gasteiger partial charge in [-0.25, -0.2) is 4.39 Å². The van der Waals surface area contributed by atoms with E-state index in [-0.39, 0.29) is 23.4 Å². The molecule has 0 heterocycles. The van der Waals surface area contributed by atoms with Crippen molar-refractivity contribution >= 4 is 39.1 Å². The first-order valence-corrected chi connectivity index (χ1v) is 8.79. The summed E-state index contributed by atoms with van der Waals surface area (Å²) in [7, 11) is 0. The molecule has 2 rings (SSSR count). The van der Waals surface area contributed by atoms with Crippen LogP contribution in [0.2, 0.25) is 0 Å². The fraction of sp³-hybridized carbons (Fsp3) is 0.222. The number of alkyl halides is 3. The van der Waals surface area contributed by atoms with E-state index in [0.29, 0.717) is 10.2 Å². The van der Waals surface area contributed by atoms with Crippen LogP contribution in [0, 0.1) is 12.7 Å². The molecule has 0 unspecified atom stereocenters. The Balaban J connectivity index is 2.06. The summed E-state index contributed by atoms with van der Waals surface area (Å²) in [6.45, 7) is -0.353. The van der Waals surface area contributed by atoms with Crippen LogP contribution in [0.5, 0.6) is 0 Å². The second-order valence-corrected chi connectivity index (χ2v) is 6.66. The number of amides is 2. The van der Waals surface area contributed by atoms with Gasteiger partial charge in [-0.15, -0.1) is 0 Å². The summed E-state index contributed by atoms with van der Waals surface area (Å²) < 4.78 is 51.4. The molecule has 2 aromatic rings. The van der Waals surface area contributed by atoms with Crippen LogP contribution in [0.3, 0.4) is 0 Å². The Kier molecular flexibility index (Phi) is 7.00. The molecule has 0 spiro atoms. The van der Waals surface area contributed by atoms with Crippen LogP contribution in [0.1, 0.15) is 15.9 Å². The molecule has 0 aliphatic carbocycles. The molecule has 0 radical (unpaired) electrons. The smallest absolute Gasteiger partial charge is 0.376 e. The quantitative estimate of drug-likeness (QED) is 0.563. The van der Waals surface area contributed by atoms with Crippen LogP contribution in [0.25, 0.3) is 0 Å². The highest BCUT2D eigenvalue weighted by atomic mass is 79.9. The van der Waals surface area contributed by atoms with Crippen molar-refractivity contribution in [3.05, 3.63) is 57.8 Å². The lowest BCUT2D eigenvalue weighted by molar-refractivity contribution is -0.123. The Labute approximate surface area is 166 Å². The van der Waals surface area contributed by atoms with Gasteiger partial charge in [0.05, 0.1) is 12.2 Å². The van der Waals surface area contributed by atoms with Crippen LogP contribution in [-0.4, -0.2) is 31.1 Å². The molecule has 0 aromatic heterocycles. The minimum Gasteiger partial charge on any atom is -0.376 e. The van der Waals surface area contributed by atoms with E-state index in [9.17, 15) is 27.2 Å². The van der Waals surface area contributed by atoms with Crippen LogP contribution in [-0.2, 0) is 4.79 Å². The standard InChI is InChI=1S/C18H16BrF4N3O2/c1-10-13(20)6-11(17(28)25-9-18(21,22)23)7-15(10)24-8-16(27)26-14-5-3-2-4-12(14)19/h2-7,24H,8-9H2,1H3,(H,25,28)(H,26,27). The SMILES string of the molecule is Cc1c(F)cc(C(=O)NCC(F)(F)F)cc1NCC(=O)Nc1ccccc1Br. The molecule has 5 nitrogen and oxygen atoms in total. The second kappa shape index (κ2) is 9.05. The molecule has 2 aromatic carbocycles. The van der Waals surface area contributed by atoms with Crippen molar-refractivity contribution in [3.8, 4) is 0 Å². The highest BCUT2D eigenvalue weighted by Crippen LogP contribution is 2.23. The average Bonchev–Trinajstić information content (AvgIpc) is 2.62. The first kappa shape index (κ1) is 21.7. The molecule has 2 amide bonds. The summed E-state index contributed by atoms with van der Waals surface area (Å²) in [4.78, 5) is 23.9. The van der Waals surface area contributed by atoms with Crippen molar-refractivity contribution in [2.24, 2.45) is 0 Å². The van der Waals surface area contributed by atoms with Crippen molar-refractivity contribution < 1.29 is 27.2 Å². The van der Waals surface area contributed by atoms with E-state index >= 15 is 0 Å². The van der Waals surface area contributed by atoms with Crippen molar-refractivity contribution in [2.75, 3.05) is 23.7 Å². The first-order chi connectivity index (χ1) is 13.1. The first-order valence-electron chi connectivity index (χ1n) is 8.00. The number of carbonyl (C=O) groups is 2. The Morgan fingerprint density at radius 1 is 1.11 bits per heavy atom. The predicted octanol–water partition coefficient (Wildman–Crippen LogP) is 4.24. The van der Waals surface area contributed by atoms with Gasteiger partial charge >= 0.3 is 6.18 Å². The van der Waals surface area contributed by atoms with Gasteiger partial charge in [-0.1, -0.05) is 12.1 Å². The number of halogens is 5. The van der Waals surface area contributed by atoms with E-state index in [4.69, 9.17) is 0 Å². The van der Waals surface area contributed by atoms with Gasteiger partial charge in [0.25, 0.3) is 5.91 Å². The van der Waals surface area contributed by atoms with E-state index in [1.807, 2.05) is 0 Å². The normalized spacial score (nSPS) is 11.1. The Morgan fingerprint density at radius 3 is 2.43 bits per heavy atom. The minimum atomic E-state index is -4.58. The van der Waals surface area contributed by atoms with Gasteiger partial charge in [-0.05, 0) is 47.1 Å². The molecule has 0 aliphatic rings. The fourth-order valence-electron chi connectivity index (χ4n) is 2.21. The zero-order valence-corrected chi connectivity index (χ0v) is 16.2. The average molecular weight is 462 g/mol. The van der Waals surface area contributed by atoms with Crippen molar-refractivity contribution in [1.82, 2.24) is 5.32 Å². The zero-order chi connectivity index (χ0) is 20.9. The summed E-state index contributed by atoms with van der Waals surface area (Å²) >= 11 is 3.29. The Morgan fingerprint density at radius 2 is 1.79 bits per heavy atom. The van der Waals surface area contributed by atoms with Gasteiger partial charge < -0.3 is 16.0 Å². The van der Waals surface area contributed by atoms with Gasteiger partial charge in [0.2, 0.25) is 5.91 Å². The third-order valence-corrected chi connectivity index (χ3v) is 4.33. The number of para-hydroxylation sites is 1. The summed E-state index contributed by atoms with van der Waals surface area (Å²) in [5, 5.41) is 7.01. The van der Waals surface area contributed by atoms with E-state index < -0.39 is 30.4 Å². The van der Waals surface area contributed by atoms with E-state index in [2.05, 4.69) is 26.6 Å². The van der Waals surface area contributed by atoms with Crippen molar-refractivity contribution in [1.29, 1.82) is 0 Å². The highest BCUT2D eigenvalue weighted by molar-refractivity contribution is 9.10. The van der Waals surface area contributed by atoms with Gasteiger partial charge in [0.1, 0.15) is 12.4 Å². The molecule has 28 heavy (non-hydrogen) atoms. The molecule has 10 heteroatoms. The monoisotopic (exact) mass is 461 g/mol. The summed E-state index contributed by atoms with van der Waals surface area (Å²) in [5.41, 5.74) is 0.499. The number of hydrogen-bond donors (Lipinski definition) is 3. The van der Waals surface area contributed by atoms with E-state index in [0.717, 1.165) is 6.07 Å². The van der Waals surface area contributed by atoms with E-state index in [1.54, 1.807) is 29.6 Å². The van der Waals surface area contributed by atoms with Crippen molar-refractivity contribution in [2.45, 2.75) is 13.1 Å². The molecule has 3 N–H and O–H groups in total. The molecule has 0 bridgehead atoms. The highest BCUT2D eigenvalue weighted by Gasteiger charge is 2.28. The maximum absolute atomic E-state index is 14.0. The van der Waals surface area contributed by atoms with Crippen molar-refractivity contribution in [3.63, 3.8) is 0 Å². The largest absolute Gasteiger partial charge is 0.405 e. The minimum absolute atomic E-state index is 0.124. The molecule has 0 saturated carbocycles.